The van der Waals surface area contributed by atoms with Crippen LogP contribution in [0.5, 0.6) is 0 Å². The minimum atomic E-state index is -0.181. The SMILES string of the molecule is CC(NC(=O)Cc1ccccc1CN)c1nncn1C. The summed E-state index contributed by atoms with van der Waals surface area (Å²) in [6, 6.07) is 7.52. The minimum Gasteiger partial charge on any atom is -0.346 e. The number of nitrogens with one attached hydrogen (secondary N) is 1. The largest absolute Gasteiger partial charge is 0.346 e. The van der Waals surface area contributed by atoms with Crippen molar-refractivity contribution in [2.24, 2.45) is 12.8 Å². The first-order chi connectivity index (χ1) is 9.61. The molecule has 0 aliphatic carbocycles. The van der Waals surface area contributed by atoms with E-state index in [9.17, 15) is 4.79 Å². The quantitative estimate of drug-likeness (QED) is 0.839. The average molecular weight is 273 g/mol. The van der Waals surface area contributed by atoms with E-state index in [0.717, 1.165) is 17.0 Å². The van der Waals surface area contributed by atoms with Crippen molar-refractivity contribution in [2.75, 3.05) is 0 Å². The van der Waals surface area contributed by atoms with Crippen molar-refractivity contribution < 1.29 is 4.79 Å². The maximum atomic E-state index is 12.1. The molecule has 1 aromatic heterocycles. The van der Waals surface area contributed by atoms with Crippen LogP contribution in [-0.2, 0) is 24.8 Å². The molecule has 6 heteroatoms. The third kappa shape index (κ3) is 3.21. The van der Waals surface area contributed by atoms with Crippen LogP contribution in [0, 0.1) is 0 Å². The molecular weight excluding hydrogens is 254 g/mol. The summed E-state index contributed by atoms with van der Waals surface area (Å²) in [7, 11) is 1.85. The standard InChI is InChI=1S/C14H19N5O/c1-10(14-18-16-9-19(14)2)17-13(20)7-11-5-3-4-6-12(11)8-15/h3-6,9-10H,7-8,15H2,1-2H3,(H,17,20). The summed E-state index contributed by atoms with van der Waals surface area (Å²) in [5.74, 6) is 0.673. The molecule has 0 aliphatic rings. The van der Waals surface area contributed by atoms with E-state index in [1.165, 1.54) is 0 Å². The normalized spacial score (nSPS) is 12.2. The molecule has 106 valence electrons. The number of carbonyl (C=O) groups excluding carboxylic acids is 1. The van der Waals surface area contributed by atoms with Crippen molar-refractivity contribution >= 4 is 5.91 Å². The summed E-state index contributed by atoms with van der Waals surface area (Å²) in [4.78, 5) is 12.1. The topological polar surface area (TPSA) is 85.8 Å². The fraction of sp³-hybridized carbons (Fsp3) is 0.357. The van der Waals surface area contributed by atoms with Crippen LogP contribution >= 0.6 is 0 Å². The van der Waals surface area contributed by atoms with Crippen molar-refractivity contribution in [3.05, 3.63) is 47.5 Å². The first-order valence-corrected chi connectivity index (χ1v) is 6.52. The van der Waals surface area contributed by atoms with Crippen LogP contribution in [0.1, 0.15) is 29.9 Å². The summed E-state index contributed by atoms with van der Waals surface area (Å²) in [6.45, 7) is 2.32. The third-order valence-electron chi connectivity index (χ3n) is 3.20. The summed E-state index contributed by atoms with van der Waals surface area (Å²) in [6.07, 6.45) is 1.93. The van der Waals surface area contributed by atoms with Gasteiger partial charge in [0.1, 0.15) is 6.33 Å². The fourth-order valence-electron chi connectivity index (χ4n) is 2.14. The van der Waals surface area contributed by atoms with Gasteiger partial charge in [0, 0.05) is 13.6 Å². The zero-order valence-electron chi connectivity index (χ0n) is 11.7. The molecule has 20 heavy (non-hydrogen) atoms. The Morgan fingerprint density at radius 2 is 2.10 bits per heavy atom. The Hall–Kier alpha value is -2.21. The van der Waals surface area contributed by atoms with Crippen molar-refractivity contribution in [1.82, 2.24) is 20.1 Å². The summed E-state index contributed by atoms with van der Waals surface area (Å²) in [5, 5.41) is 10.7. The number of aromatic nitrogens is 3. The highest BCUT2D eigenvalue weighted by Gasteiger charge is 2.15. The molecule has 0 spiro atoms. The number of hydrogen-bond acceptors (Lipinski definition) is 4. The van der Waals surface area contributed by atoms with Crippen molar-refractivity contribution in [1.29, 1.82) is 0 Å². The number of rotatable bonds is 5. The number of benzene rings is 1. The summed E-state index contributed by atoms with van der Waals surface area (Å²) < 4.78 is 1.79. The first-order valence-electron chi connectivity index (χ1n) is 6.52. The zero-order chi connectivity index (χ0) is 14.5. The van der Waals surface area contributed by atoms with Crippen LogP contribution in [0.15, 0.2) is 30.6 Å². The predicted octanol–water partition coefficient (Wildman–Crippen LogP) is 0.694. The van der Waals surface area contributed by atoms with Gasteiger partial charge in [0.05, 0.1) is 12.5 Å². The molecule has 2 aromatic rings. The maximum Gasteiger partial charge on any atom is 0.225 e. The lowest BCUT2D eigenvalue weighted by atomic mass is 10.0. The Balaban J connectivity index is 2.01. The minimum absolute atomic E-state index is 0.0543. The fourth-order valence-corrected chi connectivity index (χ4v) is 2.14. The van der Waals surface area contributed by atoms with Crippen molar-refractivity contribution in [2.45, 2.75) is 25.9 Å². The molecular formula is C14H19N5O. The molecule has 1 aromatic carbocycles. The van der Waals surface area contributed by atoms with E-state index in [2.05, 4.69) is 15.5 Å². The van der Waals surface area contributed by atoms with Crippen LogP contribution in [0.4, 0.5) is 0 Å². The lowest BCUT2D eigenvalue weighted by molar-refractivity contribution is -0.121. The molecule has 0 aliphatic heterocycles. The van der Waals surface area contributed by atoms with E-state index < -0.39 is 0 Å². The molecule has 1 unspecified atom stereocenters. The van der Waals surface area contributed by atoms with Crippen molar-refractivity contribution in [3.8, 4) is 0 Å². The number of hydrogen-bond donors (Lipinski definition) is 2. The van der Waals surface area contributed by atoms with Gasteiger partial charge in [-0.05, 0) is 18.1 Å². The molecule has 0 fully saturated rings. The molecule has 0 saturated carbocycles. The highest BCUT2D eigenvalue weighted by atomic mass is 16.1. The summed E-state index contributed by atoms with van der Waals surface area (Å²) in [5.41, 5.74) is 7.62. The van der Waals surface area contributed by atoms with Crippen LogP contribution < -0.4 is 11.1 Å². The van der Waals surface area contributed by atoms with Gasteiger partial charge in [0.15, 0.2) is 5.82 Å². The van der Waals surface area contributed by atoms with Crippen LogP contribution in [-0.4, -0.2) is 20.7 Å². The average Bonchev–Trinajstić information content (AvgIpc) is 2.85. The smallest absolute Gasteiger partial charge is 0.225 e. The summed E-state index contributed by atoms with van der Waals surface area (Å²) >= 11 is 0. The van der Waals surface area contributed by atoms with Gasteiger partial charge >= 0.3 is 0 Å². The van der Waals surface area contributed by atoms with E-state index in [1.54, 1.807) is 10.9 Å². The van der Waals surface area contributed by atoms with Crippen molar-refractivity contribution in [3.63, 3.8) is 0 Å². The van der Waals surface area contributed by atoms with Gasteiger partial charge in [-0.1, -0.05) is 24.3 Å². The lowest BCUT2D eigenvalue weighted by Crippen LogP contribution is -2.30. The van der Waals surface area contributed by atoms with Gasteiger partial charge in [0.25, 0.3) is 0 Å². The molecule has 1 amide bonds. The number of nitrogens with two attached hydrogens (primary N) is 1. The van der Waals surface area contributed by atoms with Gasteiger partial charge in [-0.15, -0.1) is 10.2 Å². The number of aryl methyl sites for hydroxylation is 1. The van der Waals surface area contributed by atoms with Gasteiger partial charge in [-0.2, -0.15) is 0 Å². The van der Waals surface area contributed by atoms with E-state index in [0.29, 0.717) is 13.0 Å². The molecule has 6 nitrogen and oxygen atoms in total. The molecule has 0 radical (unpaired) electrons. The van der Waals surface area contributed by atoms with Gasteiger partial charge < -0.3 is 15.6 Å². The van der Waals surface area contributed by atoms with E-state index in [4.69, 9.17) is 5.73 Å². The Bertz CT molecular complexity index is 593. The third-order valence-corrected chi connectivity index (χ3v) is 3.20. The number of carbonyl (C=O) groups is 1. The second-order valence-electron chi connectivity index (χ2n) is 4.74. The second-order valence-corrected chi connectivity index (χ2v) is 4.74. The Morgan fingerprint density at radius 1 is 1.40 bits per heavy atom. The highest BCUT2D eigenvalue weighted by Crippen LogP contribution is 2.11. The monoisotopic (exact) mass is 273 g/mol. The van der Waals surface area contributed by atoms with Crippen LogP contribution in [0.2, 0.25) is 0 Å². The molecule has 2 rings (SSSR count). The molecule has 1 heterocycles. The molecule has 3 N–H and O–H groups in total. The second kappa shape index (κ2) is 6.29. The predicted molar refractivity (Wildman–Crippen MR) is 75.6 cm³/mol. The zero-order valence-corrected chi connectivity index (χ0v) is 11.7. The van der Waals surface area contributed by atoms with Gasteiger partial charge in [-0.3, -0.25) is 4.79 Å². The highest BCUT2D eigenvalue weighted by molar-refractivity contribution is 5.79. The van der Waals surface area contributed by atoms with Crippen LogP contribution in [0.25, 0.3) is 0 Å². The number of amides is 1. The van der Waals surface area contributed by atoms with Gasteiger partial charge in [0.2, 0.25) is 5.91 Å². The molecule has 0 bridgehead atoms. The Morgan fingerprint density at radius 3 is 2.70 bits per heavy atom. The van der Waals surface area contributed by atoms with E-state index in [1.807, 2.05) is 38.2 Å². The number of nitrogens with zero attached hydrogens (tertiary/aromatic N) is 3. The van der Waals surface area contributed by atoms with Crippen LogP contribution in [0.3, 0.4) is 0 Å². The lowest BCUT2D eigenvalue weighted by Gasteiger charge is -2.14. The van der Waals surface area contributed by atoms with E-state index in [-0.39, 0.29) is 11.9 Å². The Labute approximate surface area is 118 Å². The molecule has 0 saturated heterocycles. The first kappa shape index (κ1) is 14.2. The Kier molecular flexibility index (Phi) is 4.47. The molecule has 1 atom stereocenters. The maximum absolute atomic E-state index is 12.1. The van der Waals surface area contributed by atoms with Gasteiger partial charge in [-0.25, -0.2) is 0 Å². The van der Waals surface area contributed by atoms with E-state index >= 15 is 0 Å².